The number of rotatable bonds is 5. The fourth-order valence-electron chi connectivity index (χ4n) is 1.90. The molecule has 1 aromatic rings. The highest BCUT2D eigenvalue weighted by atomic mass is 15.5. The van der Waals surface area contributed by atoms with Gasteiger partial charge in [0.2, 0.25) is 0 Å². The summed E-state index contributed by atoms with van der Waals surface area (Å²) in [6.45, 7) is 13.9. The third kappa shape index (κ3) is 3.32. The minimum atomic E-state index is 0.983. The van der Waals surface area contributed by atoms with Crippen LogP contribution in [0.25, 0.3) is 0 Å². The van der Waals surface area contributed by atoms with E-state index >= 15 is 0 Å². The Morgan fingerprint density at radius 2 is 1.62 bits per heavy atom. The lowest BCUT2D eigenvalue weighted by Gasteiger charge is -2.22. The minimum Gasteiger partial charge on any atom is -0.255 e. The molecule has 0 aromatic heterocycles. The molecule has 0 spiro atoms. The molecule has 0 saturated carbocycles. The number of nitrogens with zero attached hydrogens (tertiary/aromatic N) is 1. The lowest BCUT2D eigenvalue weighted by Crippen LogP contribution is -2.37. The van der Waals surface area contributed by atoms with Gasteiger partial charge < -0.3 is 0 Å². The number of hydrogen-bond donors (Lipinski definition) is 1. The van der Waals surface area contributed by atoms with Crippen molar-refractivity contribution < 1.29 is 0 Å². The second-order valence-corrected chi connectivity index (χ2v) is 4.39. The van der Waals surface area contributed by atoms with Gasteiger partial charge in [-0.1, -0.05) is 26.0 Å². The molecule has 0 saturated heterocycles. The summed E-state index contributed by atoms with van der Waals surface area (Å²) < 4.78 is 0. The van der Waals surface area contributed by atoms with Crippen LogP contribution in [0.1, 0.15) is 36.1 Å². The Hall–Kier alpha value is -0.860. The molecular formula is C14H24N2. The van der Waals surface area contributed by atoms with Crippen LogP contribution in [-0.4, -0.2) is 18.1 Å². The van der Waals surface area contributed by atoms with E-state index in [0.29, 0.717) is 0 Å². The molecule has 0 bridgehead atoms. The predicted octanol–water partition coefficient (Wildman–Crippen LogP) is 2.96. The zero-order valence-electron chi connectivity index (χ0n) is 11.2. The van der Waals surface area contributed by atoms with Crippen molar-refractivity contribution in [3.63, 3.8) is 0 Å². The van der Waals surface area contributed by atoms with Crippen LogP contribution in [0.5, 0.6) is 0 Å². The van der Waals surface area contributed by atoms with Crippen LogP contribution in [0.15, 0.2) is 12.1 Å². The molecule has 0 unspecified atom stereocenters. The van der Waals surface area contributed by atoms with E-state index in [2.05, 4.69) is 57.2 Å². The van der Waals surface area contributed by atoms with Crippen molar-refractivity contribution in [2.45, 2.75) is 41.2 Å². The summed E-state index contributed by atoms with van der Waals surface area (Å²) in [5, 5.41) is 2.26. The van der Waals surface area contributed by atoms with Gasteiger partial charge in [-0.15, -0.1) is 0 Å². The Labute approximate surface area is 99.6 Å². The quantitative estimate of drug-likeness (QED) is 0.768. The lowest BCUT2D eigenvalue weighted by molar-refractivity contribution is 0.193. The summed E-state index contributed by atoms with van der Waals surface area (Å²) >= 11 is 0. The predicted molar refractivity (Wildman–Crippen MR) is 70.4 cm³/mol. The lowest BCUT2D eigenvalue weighted by atomic mass is 10.0. The number of aryl methyl sites for hydroxylation is 3. The average molecular weight is 220 g/mol. The number of benzene rings is 1. The molecule has 2 heteroatoms. The summed E-state index contributed by atoms with van der Waals surface area (Å²) in [6, 6.07) is 4.59. The molecule has 1 rings (SSSR count). The van der Waals surface area contributed by atoms with E-state index in [4.69, 9.17) is 0 Å². The summed E-state index contributed by atoms with van der Waals surface area (Å²) in [5.41, 5.74) is 8.95. The fraction of sp³-hybridized carbons (Fsp3) is 0.571. The largest absolute Gasteiger partial charge is 0.255 e. The van der Waals surface area contributed by atoms with Gasteiger partial charge >= 0.3 is 0 Å². The van der Waals surface area contributed by atoms with Gasteiger partial charge in [0.25, 0.3) is 0 Å². The second kappa shape index (κ2) is 6.02. The van der Waals surface area contributed by atoms with E-state index < -0.39 is 0 Å². The van der Waals surface area contributed by atoms with Crippen LogP contribution in [0.2, 0.25) is 0 Å². The Bertz CT molecular complexity index is 345. The normalized spacial score (nSPS) is 11.1. The summed E-state index contributed by atoms with van der Waals surface area (Å²) in [7, 11) is 0. The van der Waals surface area contributed by atoms with Crippen molar-refractivity contribution in [2.75, 3.05) is 13.1 Å². The third-order valence-corrected chi connectivity index (χ3v) is 3.08. The number of hydrogen-bond acceptors (Lipinski definition) is 2. The molecule has 0 aliphatic heterocycles. The maximum Gasteiger partial charge on any atom is 0.0384 e. The first-order valence-electron chi connectivity index (χ1n) is 6.13. The molecule has 0 fully saturated rings. The van der Waals surface area contributed by atoms with Crippen molar-refractivity contribution in [3.8, 4) is 0 Å². The highest BCUT2D eigenvalue weighted by Crippen LogP contribution is 2.16. The van der Waals surface area contributed by atoms with Crippen molar-refractivity contribution >= 4 is 0 Å². The molecule has 0 amide bonds. The highest BCUT2D eigenvalue weighted by molar-refractivity contribution is 5.36. The van der Waals surface area contributed by atoms with E-state index in [1.807, 2.05) is 0 Å². The second-order valence-electron chi connectivity index (χ2n) is 4.39. The SMILES string of the molecule is CCNN(CC)Cc1cc(C)c(C)cc1C. The molecule has 0 aliphatic rings. The van der Waals surface area contributed by atoms with E-state index in [0.717, 1.165) is 19.6 Å². The van der Waals surface area contributed by atoms with Crippen LogP contribution in [0, 0.1) is 20.8 Å². The average Bonchev–Trinajstić information content (AvgIpc) is 2.25. The van der Waals surface area contributed by atoms with Gasteiger partial charge in [0.05, 0.1) is 0 Å². The summed E-state index contributed by atoms with van der Waals surface area (Å²) in [5.74, 6) is 0. The molecule has 2 nitrogen and oxygen atoms in total. The van der Waals surface area contributed by atoms with Crippen LogP contribution < -0.4 is 5.43 Å². The van der Waals surface area contributed by atoms with E-state index in [1.54, 1.807) is 0 Å². The van der Waals surface area contributed by atoms with Crippen LogP contribution in [-0.2, 0) is 6.54 Å². The first-order chi connectivity index (χ1) is 7.58. The fourth-order valence-corrected chi connectivity index (χ4v) is 1.90. The zero-order valence-corrected chi connectivity index (χ0v) is 11.2. The molecule has 0 atom stereocenters. The molecule has 16 heavy (non-hydrogen) atoms. The zero-order chi connectivity index (χ0) is 12.1. The van der Waals surface area contributed by atoms with Gasteiger partial charge in [-0.3, -0.25) is 5.43 Å². The third-order valence-electron chi connectivity index (χ3n) is 3.08. The molecular weight excluding hydrogens is 196 g/mol. The van der Waals surface area contributed by atoms with Crippen molar-refractivity contribution in [3.05, 3.63) is 34.4 Å². The van der Waals surface area contributed by atoms with Crippen molar-refractivity contribution in [1.29, 1.82) is 0 Å². The maximum absolute atomic E-state index is 3.38. The highest BCUT2D eigenvalue weighted by Gasteiger charge is 2.06. The molecule has 1 aromatic carbocycles. The van der Waals surface area contributed by atoms with Gasteiger partial charge in [-0.2, -0.15) is 0 Å². The van der Waals surface area contributed by atoms with Gasteiger partial charge in [-0.25, -0.2) is 5.01 Å². The smallest absolute Gasteiger partial charge is 0.0384 e. The minimum absolute atomic E-state index is 0.983. The summed E-state index contributed by atoms with van der Waals surface area (Å²) in [6.07, 6.45) is 0. The molecule has 1 N–H and O–H groups in total. The van der Waals surface area contributed by atoms with Gasteiger partial charge in [0, 0.05) is 19.6 Å². The Kier molecular flexibility index (Phi) is 4.97. The Balaban J connectivity index is 2.83. The van der Waals surface area contributed by atoms with Crippen LogP contribution in [0.4, 0.5) is 0 Å². The Morgan fingerprint density at radius 1 is 1.00 bits per heavy atom. The molecule has 0 aliphatic carbocycles. The summed E-state index contributed by atoms with van der Waals surface area (Å²) in [4.78, 5) is 0. The van der Waals surface area contributed by atoms with Crippen molar-refractivity contribution in [1.82, 2.24) is 10.4 Å². The molecule has 90 valence electrons. The molecule has 0 heterocycles. The van der Waals surface area contributed by atoms with Gasteiger partial charge in [0.15, 0.2) is 0 Å². The van der Waals surface area contributed by atoms with E-state index in [-0.39, 0.29) is 0 Å². The number of nitrogens with one attached hydrogen (secondary N) is 1. The van der Waals surface area contributed by atoms with Crippen LogP contribution in [0.3, 0.4) is 0 Å². The van der Waals surface area contributed by atoms with Gasteiger partial charge in [-0.05, 0) is 43.0 Å². The molecule has 0 radical (unpaired) electrons. The number of hydrazine groups is 1. The Morgan fingerprint density at radius 3 is 2.19 bits per heavy atom. The van der Waals surface area contributed by atoms with E-state index in [1.165, 1.54) is 22.3 Å². The maximum atomic E-state index is 3.38. The standard InChI is InChI=1S/C14H24N2/c1-6-15-16(7-2)10-14-9-12(4)11(3)8-13(14)5/h8-9,15H,6-7,10H2,1-5H3. The first kappa shape index (κ1) is 13.2. The first-order valence-corrected chi connectivity index (χ1v) is 6.13. The van der Waals surface area contributed by atoms with Crippen LogP contribution >= 0.6 is 0 Å². The monoisotopic (exact) mass is 220 g/mol. The van der Waals surface area contributed by atoms with Gasteiger partial charge in [0.1, 0.15) is 0 Å². The topological polar surface area (TPSA) is 15.3 Å². The van der Waals surface area contributed by atoms with Crippen molar-refractivity contribution in [2.24, 2.45) is 0 Å². The van der Waals surface area contributed by atoms with E-state index in [9.17, 15) is 0 Å².